The Morgan fingerprint density at radius 2 is 1.42 bits per heavy atom. The van der Waals surface area contributed by atoms with Gasteiger partial charge < -0.3 is 24.6 Å². The number of hydrogen-bond donors (Lipinski definition) is 1. The first kappa shape index (κ1) is 23.9. The van der Waals surface area contributed by atoms with Crippen LogP contribution in [0.2, 0.25) is 0 Å². The third kappa shape index (κ3) is 5.99. The fourth-order valence-electron chi connectivity index (χ4n) is 5.64. The molecule has 0 unspecified atom stereocenters. The lowest BCUT2D eigenvalue weighted by molar-refractivity contribution is -0.127. The summed E-state index contributed by atoms with van der Waals surface area (Å²) in [4.78, 5) is 30.2. The summed E-state index contributed by atoms with van der Waals surface area (Å²) in [5.74, 6) is 1.72. The zero-order valence-electron chi connectivity index (χ0n) is 20.2. The molecule has 0 radical (unpaired) electrons. The second-order valence-corrected chi connectivity index (χ2v) is 9.78. The molecule has 33 heavy (non-hydrogen) atoms. The van der Waals surface area contributed by atoms with Crippen molar-refractivity contribution in [1.82, 2.24) is 15.1 Å². The summed E-state index contributed by atoms with van der Waals surface area (Å²) in [5.41, 5.74) is 0.606. The summed E-state index contributed by atoms with van der Waals surface area (Å²) >= 11 is 0. The highest BCUT2D eigenvalue weighted by atomic mass is 16.5. The number of rotatable bonds is 6. The number of carbonyl (C=O) groups is 2. The van der Waals surface area contributed by atoms with Gasteiger partial charge in [-0.3, -0.25) is 9.59 Å². The highest BCUT2D eigenvalue weighted by Gasteiger charge is 2.32. The Morgan fingerprint density at radius 3 is 2.00 bits per heavy atom. The lowest BCUT2D eigenvalue weighted by atomic mass is 9.91. The van der Waals surface area contributed by atoms with Crippen molar-refractivity contribution in [2.75, 3.05) is 40.4 Å². The van der Waals surface area contributed by atoms with Gasteiger partial charge in [0.2, 0.25) is 5.91 Å². The van der Waals surface area contributed by atoms with Crippen molar-refractivity contribution in [1.29, 1.82) is 0 Å². The van der Waals surface area contributed by atoms with E-state index in [-0.39, 0.29) is 17.7 Å². The van der Waals surface area contributed by atoms with E-state index < -0.39 is 0 Å². The molecule has 3 aliphatic rings. The zero-order chi connectivity index (χ0) is 23.2. The molecule has 2 amide bonds. The third-order valence-corrected chi connectivity index (χ3v) is 7.72. The van der Waals surface area contributed by atoms with Crippen molar-refractivity contribution in [2.45, 2.75) is 69.9 Å². The summed E-state index contributed by atoms with van der Waals surface area (Å²) in [6, 6.07) is 6.23. The smallest absolute Gasteiger partial charge is 0.254 e. The Balaban J connectivity index is 1.23. The first-order valence-electron chi connectivity index (χ1n) is 12.6. The number of benzene rings is 1. The number of ether oxygens (including phenoxy) is 2. The molecular weight excluding hydrogens is 418 g/mol. The van der Waals surface area contributed by atoms with Crippen LogP contribution in [0.4, 0.5) is 0 Å². The molecule has 7 heteroatoms. The number of hydrogen-bond acceptors (Lipinski definition) is 5. The number of amides is 2. The fraction of sp³-hybridized carbons (Fsp3) is 0.692. The van der Waals surface area contributed by atoms with Crippen LogP contribution in [0.3, 0.4) is 0 Å². The Bertz CT molecular complexity index is 786. The largest absolute Gasteiger partial charge is 0.497 e. The summed E-state index contributed by atoms with van der Waals surface area (Å²) in [7, 11) is 3.19. The number of nitrogens with one attached hydrogen (secondary N) is 1. The van der Waals surface area contributed by atoms with Crippen molar-refractivity contribution in [3.05, 3.63) is 23.8 Å². The summed E-state index contributed by atoms with van der Waals surface area (Å²) < 4.78 is 10.6. The molecule has 0 bridgehead atoms. The lowest BCUT2D eigenvalue weighted by Crippen LogP contribution is -2.50. The minimum absolute atomic E-state index is 0.0312. The van der Waals surface area contributed by atoms with Crippen LogP contribution in [-0.4, -0.2) is 74.1 Å². The van der Waals surface area contributed by atoms with Crippen LogP contribution in [-0.2, 0) is 4.79 Å². The SMILES string of the molecule is COc1cc(OC)cc(C(=O)N2CCC(N3CCC(C(=O)NC4CCCCC4)CC3)CC2)c1. The van der Waals surface area contributed by atoms with Crippen LogP contribution in [0.15, 0.2) is 18.2 Å². The van der Waals surface area contributed by atoms with Crippen molar-refractivity contribution in [3.63, 3.8) is 0 Å². The molecule has 1 aromatic rings. The molecule has 2 aliphatic heterocycles. The van der Waals surface area contributed by atoms with E-state index in [1.807, 2.05) is 4.90 Å². The number of nitrogens with zero attached hydrogens (tertiary/aromatic N) is 2. The number of likely N-dealkylation sites (tertiary alicyclic amines) is 2. The van der Waals surface area contributed by atoms with E-state index >= 15 is 0 Å². The second-order valence-electron chi connectivity index (χ2n) is 9.78. The fourth-order valence-corrected chi connectivity index (χ4v) is 5.64. The van der Waals surface area contributed by atoms with E-state index in [9.17, 15) is 9.59 Å². The first-order chi connectivity index (χ1) is 16.1. The molecule has 1 aliphatic carbocycles. The molecule has 3 fully saturated rings. The predicted octanol–water partition coefficient (Wildman–Crippen LogP) is 3.47. The van der Waals surface area contributed by atoms with Gasteiger partial charge in [0.15, 0.2) is 0 Å². The van der Waals surface area contributed by atoms with Crippen LogP contribution >= 0.6 is 0 Å². The van der Waals surface area contributed by atoms with E-state index in [0.29, 0.717) is 29.1 Å². The Labute approximate surface area is 197 Å². The summed E-state index contributed by atoms with van der Waals surface area (Å²) in [6.07, 6.45) is 9.93. The molecule has 2 saturated heterocycles. The van der Waals surface area contributed by atoms with Crippen molar-refractivity contribution in [3.8, 4) is 11.5 Å². The van der Waals surface area contributed by atoms with E-state index in [2.05, 4.69) is 10.2 Å². The maximum Gasteiger partial charge on any atom is 0.254 e. The number of piperidine rings is 2. The van der Waals surface area contributed by atoms with Gasteiger partial charge in [0, 0.05) is 42.7 Å². The Hall–Kier alpha value is -2.28. The van der Waals surface area contributed by atoms with Crippen LogP contribution in [0, 0.1) is 5.92 Å². The average Bonchev–Trinajstić information content (AvgIpc) is 2.88. The lowest BCUT2D eigenvalue weighted by Gasteiger charge is -2.41. The first-order valence-corrected chi connectivity index (χ1v) is 12.6. The molecule has 7 nitrogen and oxygen atoms in total. The highest BCUT2D eigenvalue weighted by molar-refractivity contribution is 5.95. The minimum Gasteiger partial charge on any atom is -0.497 e. The summed E-state index contributed by atoms with van der Waals surface area (Å²) in [5, 5.41) is 3.31. The van der Waals surface area contributed by atoms with E-state index in [0.717, 1.165) is 64.7 Å². The highest BCUT2D eigenvalue weighted by Crippen LogP contribution is 2.27. The van der Waals surface area contributed by atoms with Gasteiger partial charge in [0.1, 0.15) is 11.5 Å². The van der Waals surface area contributed by atoms with Gasteiger partial charge in [-0.15, -0.1) is 0 Å². The summed E-state index contributed by atoms with van der Waals surface area (Å²) in [6.45, 7) is 3.47. The van der Waals surface area contributed by atoms with Crippen LogP contribution in [0.25, 0.3) is 0 Å². The van der Waals surface area contributed by atoms with Crippen molar-refractivity contribution >= 4 is 11.8 Å². The van der Waals surface area contributed by atoms with Gasteiger partial charge in [-0.1, -0.05) is 19.3 Å². The minimum atomic E-state index is 0.0312. The molecule has 182 valence electrons. The average molecular weight is 458 g/mol. The van der Waals surface area contributed by atoms with Crippen molar-refractivity contribution < 1.29 is 19.1 Å². The molecule has 1 aromatic carbocycles. The van der Waals surface area contributed by atoms with Gasteiger partial charge in [-0.25, -0.2) is 0 Å². The topological polar surface area (TPSA) is 71.1 Å². The van der Waals surface area contributed by atoms with Gasteiger partial charge in [-0.05, 0) is 63.7 Å². The molecule has 1 saturated carbocycles. The standard InChI is InChI=1S/C26H39N3O4/c1-32-23-16-20(17-24(18-23)33-2)26(31)29-14-10-22(11-15-29)28-12-8-19(9-13-28)25(30)27-21-6-4-3-5-7-21/h16-19,21-22H,3-15H2,1-2H3,(H,27,30). The molecular formula is C26H39N3O4. The van der Waals surface area contributed by atoms with Gasteiger partial charge in [-0.2, -0.15) is 0 Å². The number of carbonyl (C=O) groups excluding carboxylic acids is 2. The predicted molar refractivity (Wildman–Crippen MR) is 128 cm³/mol. The van der Waals surface area contributed by atoms with Crippen LogP contribution < -0.4 is 14.8 Å². The molecule has 4 rings (SSSR count). The normalized spacial score (nSPS) is 21.6. The zero-order valence-corrected chi connectivity index (χ0v) is 20.2. The molecule has 2 heterocycles. The Kier molecular flexibility index (Phi) is 8.12. The van der Waals surface area contributed by atoms with Gasteiger partial charge in [0.05, 0.1) is 14.2 Å². The van der Waals surface area contributed by atoms with E-state index in [1.54, 1.807) is 32.4 Å². The van der Waals surface area contributed by atoms with Crippen LogP contribution in [0.1, 0.15) is 68.1 Å². The van der Waals surface area contributed by atoms with E-state index in [1.165, 1.54) is 19.3 Å². The maximum atomic E-state index is 13.1. The quantitative estimate of drug-likeness (QED) is 0.708. The monoisotopic (exact) mass is 457 g/mol. The molecule has 1 N–H and O–H groups in total. The van der Waals surface area contributed by atoms with Crippen LogP contribution in [0.5, 0.6) is 11.5 Å². The second kappa shape index (κ2) is 11.2. The van der Waals surface area contributed by atoms with Crippen molar-refractivity contribution in [2.24, 2.45) is 5.92 Å². The third-order valence-electron chi connectivity index (χ3n) is 7.72. The van der Waals surface area contributed by atoms with Gasteiger partial charge in [0.25, 0.3) is 5.91 Å². The Morgan fingerprint density at radius 1 is 0.818 bits per heavy atom. The molecule has 0 aromatic heterocycles. The molecule has 0 spiro atoms. The number of methoxy groups -OCH3 is 2. The maximum absolute atomic E-state index is 13.1. The van der Waals surface area contributed by atoms with E-state index in [4.69, 9.17) is 9.47 Å². The van der Waals surface area contributed by atoms with Gasteiger partial charge >= 0.3 is 0 Å². The molecule has 0 atom stereocenters.